The Hall–Kier alpha value is -1.61. The first-order valence-corrected chi connectivity index (χ1v) is 6.35. The van der Waals surface area contributed by atoms with E-state index in [1.54, 1.807) is 0 Å². The van der Waals surface area contributed by atoms with Crippen LogP contribution in [0.3, 0.4) is 0 Å². The highest BCUT2D eigenvalue weighted by Gasteiger charge is 2.46. The highest BCUT2D eigenvalue weighted by Crippen LogP contribution is 2.38. The van der Waals surface area contributed by atoms with E-state index in [4.69, 9.17) is 4.74 Å². The second-order valence-corrected chi connectivity index (χ2v) is 4.98. The van der Waals surface area contributed by atoms with Crippen LogP contribution < -0.4 is 0 Å². The van der Waals surface area contributed by atoms with E-state index in [2.05, 4.69) is 29.2 Å². The lowest BCUT2D eigenvalue weighted by Gasteiger charge is -2.30. The van der Waals surface area contributed by atoms with Crippen molar-refractivity contribution in [2.75, 3.05) is 7.11 Å². The maximum Gasteiger partial charge on any atom is 0.323 e. The molecular formula is C15H17NO2. The van der Waals surface area contributed by atoms with Crippen LogP contribution >= 0.6 is 0 Å². The average Bonchev–Trinajstić information content (AvgIpc) is 3.00. The molecule has 3 rings (SSSR count). The van der Waals surface area contributed by atoms with E-state index in [0.29, 0.717) is 12.0 Å². The van der Waals surface area contributed by atoms with Crippen molar-refractivity contribution in [2.24, 2.45) is 5.92 Å². The van der Waals surface area contributed by atoms with Crippen LogP contribution in [0.5, 0.6) is 0 Å². The lowest BCUT2D eigenvalue weighted by atomic mass is 10.0. The molecule has 0 unspecified atom stereocenters. The molecule has 1 aliphatic carbocycles. The fourth-order valence-corrected chi connectivity index (χ4v) is 3.08. The molecular weight excluding hydrogens is 226 g/mol. The van der Waals surface area contributed by atoms with Crippen molar-refractivity contribution in [1.82, 2.24) is 4.90 Å². The van der Waals surface area contributed by atoms with Crippen molar-refractivity contribution >= 4 is 5.97 Å². The number of carbonyl (C=O) groups is 1. The minimum Gasteiger partial charge on any atom is -0.468 e. The first-order valence-electron chi connectivity index (χ1n) is 6.35. The quantitative estimate of drug-likeness (QED) is 0.600. The van der Waals surface area contributed by atoms with Gasteiger partial charge in [0.2, 0.25) is 0 Å². The van der Waals surface area contributed by atoms with Gasteiger partial charge >= 0.3 is 5.97 Å². The fourth-order valence-electron chi connectivity index (χ4n) is 3.08. The van der Waals surface area contributed by atoms with Crippen LogP contribution in [-0.4, -0.2) is 30.1 Å². The first kappa shape index (κ1) is 11.5. The number of hydrogen-bond acceptors (Lipinski definition) is 3. The van der Waals surface area contributed by atoms with Gasteiger partial charge in [-0.25, -0.2) is 0 Å². The van der Waals surface area contributed by atoms with Crippen LogP contribution in [0, 0.1) is 5.92 Å². The molecule has 18 heavy (non-hydrogen) atoms. The van der Waals surface area contributed by atoms with Crippen molar-refractivity contribution in [2.45, 2.75) is 25.0 Å². The second-order valence-electron chi connectivity index (χ2n) is 4.98. The molecule has 1 fully saturated rings. The minimum atomic E-state index is -0.109. The Morgan fingerprint density at radius 3 is 2.83 bits per heavy atom. The molecule has 0 N–H and O–H groups in total. The summed E-state index contributed by atoms with van der Waals surface area (Å²) in [5, 5.41) is 0. The molecule has 2 bridgehead atoms. The van der Waals surface area contributed by atoms with Crippen LogP contribution in [0.15, 0.2) is 42.5 Å². The van der Waals surface area contributed by atoms with Gasteiger partial charge in [-0.3, -0.25) is 9.69 Å². The van der Waals surface area contributed by atoms with Crippen molar-refractivity contribution < 1.29 is 9.53 Å². The van der Waals surface area contributed by atoms with Crippen LogP contribution in [0.2, 0.25) is 0 Å². The molecule has 1 aromatic carbocycles. The molecule has 94 valence electrons. The average molecular weight is 243 g/mol. The molecule has 1 saturated heterocycles. The molecule has 3 atom stereocenters. The molecule has 0 spiro atoms. The van der Waals surface area contributed by atoms with Crippen molar-refractivity contribution in [3.63, 3.8) is 0 Å². The zero-order chi connectivity index (χ0) is 12.5. The number of carbonyl (C=O) groups excluding carboxylic acids is 1. The summed E-state index contributed by atoms with van der Waals surface area (Å²) in [6.45, 7) is 0.812. The number of esters is 1. The van der Waals surface area contributed by atoms with Gasteiger partial charge in [-0.15, -0.1) is 0 Å². The highest BCUT2D eigenvalue weighted by molar-refractivity contribution is 5.77. The van der Waals surface area contributed by atoms with Gasteiger partial charge in [-0.2, -0.15) is 0 Å². The molecule has 3 nitrogen and oxygen atoms in total. The molecule has 1 heterocycles. The topological polar surface area (TPSA) is 29.5 Å². The largest absolute Gasteiger partial charge is 0.468 e. The first-order chi connectivity index (χ1) is 8.79. The number of fused-ring (bicyclic) bond motifs is 2. The number of ether oxygens (including phenoxy) is 1. The smallest absolute Gasteiger partial charge is 0.323 e. The Kier molecular flexibility index (Phi) is 2.92. The Bertz CT molecular complexity index is 469. The lowest BCUT2D eigenvalue weighted by molar-refractivity contribution is -0.147. The number of hydrogen-bond donors (Lipinski definition) is 0. The van der Waals surface area contributed by atoms with Gasteiger partial charge in [-0.1, -0.05) is 42.5 Å². The number of methoxy groups -OCH3 is 1. The van der Waals surface area contributed by atoms with E-state index in [1.165, 1.54) is 12.7 Å². The Morgan fingerprint density at radius 2 is 2.11 bits per heavy atom. The summed E-state index contributed by atoms with van der Waals surface area (Å²) in [5.41, 5.74) is 1.24. The highest BCUT2D eigenvalue weighted by atomic mass is 16.5. The van der Waals surface area contributed by atoms with E-state index in [1.807, 2.05) is 18.2 Å². The summed E-state index contributed by atoms with van der Waals surface area (Å²) in [6.07, 6.45) is 5.42. The number of benzene rings is 1. The normalized spacial score (nSPS) is 29.7. The predicted octanol–water partition coefficient (Wildman–Crippen LogP) is 1.99. The Balaban J connectivity index is 1.82. The third-order valence-electron chi connectivity index (χ3n) is 3.93. The van der Waals surface area contributed by atoms with Crippen molar-refractivity contribution in [3.05, 3.63) is 48.0 Å². The molecule has 2 aliphatic rings. The fraction of sp³-hybridized carbons (Fsp3) is 0.400. The molecule has 3 heteroatoms. The zero-order valence-electron chi connectivity index (χ0n) is 10.5. The van der Waals surface area contributed by atoms with Gasteiger partial charge in [0.05, 0.1) is 7.11 Å². The van der Waals surface area contributed by atoms with E-state index in [0.717, 1.165) is 13.0 Å². The van der Waals surface area contributed by atoms with Gasteiger partial charge in [0.25, 0.3) is 0 Å². The summed E-state index contributed by atoms with van der Waals surface area (Å²) >= 11 is 0. The predicted molar refractivity (Wildman–Crippen MR) is 68.8 cm³/mol. The third-order valence-corrected chi connectivity index (χ3v) is 3.93. The van der Waals surface area contributed by atoms with Crippen LogP contribution in [0.4, 0.5) is 0 Å². The minimum absolute atomic E-state index is 0.106. The van der Waals surface area contributed by atoms with Crippen molar-refractivity contribution in [3.8, 4) is 0 Å². The molecule has 0 radical (unpaired) electrons. The van der Waals surface area contributed by atoms with E-state index in [9.17, 15) is 4.79 Å². The van der Waals surface area contributed by atoms with Crippen LogP contribution in [-0.2, 0) is 16.1 Å². The standard InChI is InChI=1S/C15H17NO2/c1-18-15(17)14-12-7-8-13(9-12)16(14)10-11-5-3-2-4-6-11/h2-8,12-14H,9-10H2,1H3/t12-,13+,14+/m1/s1. The monoisotopic (exact) mass is 243 g/mol. The summed E-state index contributed by atoms with van der Waals surface area (Å²) in [7, 11) is 1.47. The lowest BCUT2D eigenvalue weighted by Crippen LogP contribution is -2.44. The molecule has 1 aliphatic heterocycles. The van der Waals surface area contributed by atoms with Crippen LogP contribution in [0.1, 0.15) is 12.0 Å². The van der Waals surface area contributed by atoms with Crippen molar-refractivity contribution in [1.29, 1.82) is 0 Å². The van der Waals surface area contributed by atoms with Gasteiger partial charge < -0.3 is 4.74 Å². The van der Waals surface area contributed by atoms with Crippen LogP contribution in [0.25, 0.3) is 0 Å². The number of rotatable bonds is 3. The maximum atomic E-state index is 11.9. The molecule has 0 aromatic heterocycles. The Labute approximate surface area is 107 Å². The van der Waals surface area contributed by atoms with E-state index in [-0.39, 0.29) is 12.0 Å². The summed E-state index contributed by atoms with van der Waals surface area (Å²) in [5.74, 6) is 0.217. The zero-order valence-corrected chi connectivity index (χ0v) is 10.5. The molecule has 1 aromatic rings. The van der Waals surface area contributed by atoms with Gasteiger partial charge in [0, 0.05) is 18.5 Å². The summed E-state index contributed by atoms with van der Waals surface area (Å²) in [6, 6.07) is 10.6. The van der Waals surface area contributed by atoms with Gasteiger partial charge in [0.15, 0.2) is 0 Å². The third kappa shape index (κ3) is 1.85. The van der Waals surface area contributed by atoms with Gasteiger partial charge in [0.1, 0.15) is 6.04 Å². The maximum absolute atomic E-state index is 11.9. The molecule has 0 amide bonds. The number of nitrogens with zero attached hydrogens (tertiary/aromatic N) is 1. The molecule has 0 saturated carbocycles. The van der Waals surface area contributed by atoms with E-state index >= 15 is 0 Å². The summed E-state index contributed by atoms with van der Waals surface area (Å²) < 4.78 is 4.94. The SMILES string of the molecule is COC(=O)[C@@H]1[C@@H]2C=C[C@@H](C2)N1Cc1ccccc1. The summed E-state index contributed by atoms with van der Waals surface area (Å²) in [4.78, 5) is 14.2. The Morgan fingerprint density at radius 1 is 1.33 bits per heavy atom. The van der Waals surface area contributed by atoms with Gasteiger partial charge in [-0.05, 0) is 12.0 Å². The van der Waals surface area contributed by atoms with E-state index < -0.39 is 0 Å². The number of likely N-dealkylation sites (tertiary alicyclic amines) is 1. The second kappa shape index (κ2) is 4.58.